The van der Waals surface area contributed by atoms with Crippen molar-refractivity contribution in [2.24, 2.45) is 4.99 Å². The Morgan fingerprint density at radius 2 is 1.78 bits per heavy atom. The maximum absolute atomic E-state index is 14.7. The number of aliphatic imine (C=N–C) groups is 1. The average Bonchev–Trinajstić information content (AvgIpc) is 2.77. The van der Waals surface area contributed by atoms with Crippen LogP contribution in [0.15, 0.2) is 23.2 Å². The first-order chi connectivity index (χ1) is 15.0. The lowest BCUT2D eigenvalue weighted by Crippen LogP contribution is -2.49. The maximum Gasteiger partial charge on any atom is 0.251 e. The van der Waals surface area contributed by atoms with E-state index in [1.807, 2.05) is 12.1 Å². The highest BCUT2D eigenvalue weighted by atomic mass is 127. The van der Waals surface area contributed by atoms with Crippen molar-refractivity contribution >= 4 is 35.6 Å². The third kappa shape index (κ3) is 7.95. The molecule has 0 aromatic heterocycles. The average molecular weight is 568 g/mol. The molecular formula is C22H36F3IN6. The number of rotatable bonds is 7. The van der Waals surface area contributed by atoms with Crippen LogP contribution in [0.1, 0.15) is 25.3 Å². The number of guanidine groups is 1. The van der Waals surface area contributed by atoms with Gasteiger partial charge in [-0.25, -0.2) is 13.2 Å². The van der Waals surface area contributed by atoms with Gasteiger partial charge in [0.25, 0.3) is 6.43 Å². The topological polar surface area (TPSA) is 46.1 Å². The summed E-state index contributed by atoms with van der Waals surface area (Å²) < 4.78 is 39.8. The molecule has 0 radical (unpaired) electrons. The second-order valence-corrected chi connectivity index (χ2v) is 8.24. The van der Waals surface area contributed by atoms with Crippen LogP contribution in [0.5, 0.6) is 0 Å². The number of piperazine rings is 1. The van der Waals surface area contributed by atoms with Crippen molar-refractivity contribution in [2.75, 3.05) is 64.3 Å². The Hall–Kier alpha value is -1.27. The summed E-state index contributed by atoms with van der Waals surface area (Å²) in [6.07, 6.45) is -0.698. The van der Waals surface area contributed by atoms with Gasteiger partial charge in [-0.1, -0.05) is 13.0 Å². The summed E-state index contributed by atoms with van der Waals surface area (Å²) in [5, 5.41) is 6.59. The zero-order valence-corrected chi connectivity index (χ0v) is 21.3. The number of piperidine rings is 1. The Kier molecular flexibility index (Phi) is 11.3. The standard InChI is InChI=1S/C22H35F3N6.HI/c1-3-29-10-12-31(13-11-29)20-5-4-17(14-19(20)23)15-27-22(26-2)28-18-6-8-30(9-7-18)16-21(24)25;/h4-5,14,18,21H,3,6-13,15-16H2,1-2H3,(H2,26,27,28);1H. The molecule has 0 unspecified atom stereocenters. The summed E-state index contributed by atoms with van der Waals surface area (Å²) in [5.41, 5.74) is 1.51. The lowest BCUT2D eigenvalue weighted by Gasteiger charge is -2.35. The highest BCUT2D eigenvalue weighted by Gasteiger charge is 2.22. The van der Waals surface area contributed by atoms with E-state index in [0.29, 0.717) is 31.3 Å². The van der Waals surface area contributed by atoms with Crippen LogP contribution in [-0.4, -0.2) is 87.6 Å². The van der Waals surface area contributed by atoms with E-state index in [2.05, 4.69) is 32.3 Å². The van der Waals surface area contributed by atoms with E-state index < -0.39 is 6.43 Å². The van der Waals surface area contributed by atoms with Crippen molar-refractivity contribution in [1.82, 2.24) is 20.4 Å². The van der Waals surface area contributed by atoms with Crippen LogP contribution >= 0.6 is 24.0 Å². The predicted octanol–water partition coefficient (Wildman–Crippen LogP) is 2.98. The monoisotopic (exact) mass is 568 g/mol. The number of anilines is 1. The molecule has 0 spiro atoms. The minimum absolute atomic E-state index is 0. The van der Waals surface area contributed by atoms with Gasteiger partial charge < -0.3 is 20.4 Å². The van der Waals surface area contributed by atoms with Crippen LogP contribution in [-0.2, 0) is 6.54 Å². The van der Waals surface area contributed by atoms with E-state index in [4.69, 9.17) is 0 Å². The Balaban J connectivity index is 0.00000363. The Morgan fingerprint density at radius 3 is 2.34 bits per heavy atom. The molecule has 0 atom stereocenters. The molecule has 2 aliphatic heterocycles. The summed E-state index contributed by atoms with van der Waals surface area (Å²) in [7, 11) is 1.70. The summed E-state index contributed by atoms with van der Waals surface area (Å²) in [6, 6.07) is 5.60. The first-order valence-electron chi connectivity index (χ1n) is 11.2. The number of nitrogens with zero attached hydrogens (tertiary/aromatic N) is 4. The molecule has 6 nitrogen and oxygen atoms in total. The second-order valence-electron chi connectivity index (χ2n) is 8.24. The van der Waals surface area contributed by atoms with Gasteiger partial charge in [-0.2, -0.15) is 0 Å². The number of benzene rings is 1. The zero-order chi connectivity index (χ0) is 22.2. The van der Waals surface area contributed by atoms with Crippen molar-refractivity contribution in [1.29, 1.82) is 0 Å². The molecule has 0 saturated carbocycles. The number of likely N-dealkylation sites (tertiary alicyclic amines) is 1. The molecule has 0 bridgehead atoms. The van der Waals surface area contributed by atoms with Crippen molar-refractivity contribution in [3.05, 3.63) is 29.6 Å². The van der Waals surface area contributed by atoms with E-state index in [9.17, 15) is 13.2 Å². The second kappa shape index (κ2) is 13.4. The van der Waals surface area contributed by atoms with E-state index in [1.165, 1.54) is 0 Å². The van der Waals surface area contributed by atoms with Crippen LogP contribution in [0.25, 0.3) is 0 Å². The lowest BCUT2D eigenvalue weighted by atomic mass is 10.1. The maximum atomic E-state index is 14.7. The molecule has 32 heavy (non-hydrogen) atoms. The molecule has 2 fully saturated rings. The molecule has 3 rings (SSSR count). The fourth-order valence-corrected chi connectivity index (χ4v) is 4.25. The summed E-state index contributed by atoms with van der Waals surface area (Å²) in [5.74, 6) is 0.450. The van der Waals surface area contributed by atoms with Crippen LogP contribution in [0.3, 0.4) is 0 Å². The van der Waals surface area contributed by atoms with Crippen LogP contribution < -0.4 is 15.5 Å². The molecule has 2 saturated heterocycles. The lowest BCUT2D eigenvalue weighted by molar-refractivity contribution is 0.0744. The zero-order valence-electron chi connectivity index (χ0n) is 19.0. The van der Waals surface area contributed by atoms with Crippen LogP contribution in [0.2, 0.25) is 0 Å². The molecule has 2 heterocycles. The fourth-order valence-electron chi connectivity index (χ4n) is 4.25. The number of nitrogens with one attached hydrogen (secondary N) is 2. The Labute approximate surface area is 206 Å². The first kappa shape index (κ1) is 27.0. The minimum Gasteiger partial charge on any atom is -0.367 e. The van der Waals surface area contributed by atoms with Gasteiger partial charge in [-0.05, 0) is 37.1 Å². The molecule has 2 N–H and O–H groups in total. The molecule has 1 aromatic rings. The van der Waals surface area contributed by atoms with Gasteiger partial charge in [-0.15, -0.1) is 24.0 Å². The minimum atomic E-state index is -2.29. The van der Waals surface area contributed by atoms with Crippen molar-refractivity contribution in [3.63, 3.8) is 0 Å². The molecule has 10 heteroatoms. The fraction of sp³-hybridized carbons (Fsp3) is 0.682. The van der Waals surface area contributed by atoms with E-state index >= 15 is 0 Å². The van der Waals surface area contributed by atoms with E-state index in [0.717, 1.165) is 51.1 Å². The molecule has 2 aliphatic rings. The highest BCUT2D eigenvalue weighted by Crippen LogP contribution is 2.22. The number of likely N-dealkylation sites (N-methyl/N-ethyl adjacent to an activating group) is 1. The number of hydrogen-bond donors (Lipinski definition) is 2. The molecule has 1 aromatic carbocycles. The van der Waals surface area contributed by atoms with Gasteiger partial charge in [0.05, 0.1) is 12.2 Å². The molecule has 182 valence electrons. The molecule has 0 amide bonds. The number of halogens is 4. The molecular weight excluding hydrogens is 532 g/mol. The molecule has 0 aliphatic carbocycles. The van der Waals surface area contributed by atoms with Gasteiger partial charge in [0.2, 0.25) is 0 Å². The summed E-state index contributed by atoms with van der Waals surface area (Å²) in [6.45, 7) is 8.40. The Bertz CT molecular complexity index is 720. The normalized spacial score (nSPS) is 19.2. The van der Waals surface area contributed by atoms with Gasteiger partial charge in [0, 0.05) is 58.9 Å². The summed E-state index contributed by atoms with van der Waals surface area (Å²) >= 11 is 0. The quantitative estimate of drug-likeness (QED) is 0.301. The third-order valence-electron chi connectivity index (χ3n) is 6.18. The van der Waals surface area contributed by atoms with E-state index in [-0.39, 0.29) is 42.4 Å². The van der Waals surface area contributed by atoms with Gasteiger partial charge >= 0.3 is 0 Å². The highest BCUT2D eigenvalue weighted by molar-refractivity contribution is 14.0. The number of alkyl halides is 2. The van der Waals surface area contributed by atoms with Crippen molar-refractivity contribution in [3.8, 4) is 0 Å². The summed E-state index contributed by atoms with van der Waals surface area (Å²) in [4.78, 5) is 10.5. The number of hydrogen-bond acceptors (Lipinski definition) is 4. The van der Waals surface area contributed by atoms with Crippen molar-refractivity contribution < 1.29 is 13.2 Å². The van der Waals surface area contributed by atoms with Crippen molar-refractivity contribution in [2.45, 2.75) is 38.8 Å². The Morgan fingerprint density at radius 1 is 1.09 bits per heavy atom. The largest absolute Gasteiger partial charge is 0.367 e. The van der Waals surface area contributed by atoms with Gasteiger partial charge in [0.1, 0.15) is 5.82 Å². The van der Waals surface area contributed by atoms with Gasteiger partial charge in [-0.3, -0.25) is 9.89 Å². The first-order valence-corrected chi connectivity index (χ1v) is 11.2. The van der Waals surface area contributed by atoms with E-state index in [1.54, 1.807) is 18.0 Å². The van der Waals surface area contributed by atoms with Crippen LogP contribution in [0, 0.1) is 5.82 Å². The third-order valence-corrected chi connectivity index (χ3v) is 6.18. The van der Waals surface area contributed by atoms with Gasteiger partial charge in [0.15, 0.2) is 5.96 Å². The van der Waals surface area contributed by atoms with Crippen LogP contribution in [0.4, 0.5) is 18.9 Å². The SMILES string of the molecule is CCN1CCN(c2ccc(CNC(=NC)NC3CCN(CC(F)F)CC3)cc2F)CC1.I. The smallest absolute Gasteiger partial charge is 0.251 e. The predicted molar refractivity (Wildman–Crippen MR) is 135 cm³/mol.